The maximum absolute atomic E-state index is 5.86. The Morgan fingerprint density at radius 1 is 1.38 bits per heavy atom. The van der Waals surface area contributed by atoms with Gasteiger partial charge in [0, 0.05) is 4.90 Å². The maximum Gasteiger partial charge on any atom is 0.0636 e. The standard InChI is InChI=1S/C8H10Cl2N2S/c1-2-13-8-4-6(10)5(9)3-7(8)12-11/h3-4,12H,2,11H2,1H3. The molecule has 0 radical (unpaired) electrons. The van der Waals surface area contributed by atoms with Gasteiger partial charge in [0.15, 0.2) is 0 Å². The molecule has 3 N–H and O–H groups in total. The van der Waals surface area contributed by atoms with E-state index in [4.69, 9.17) is 29.0 Å². The third kappa shape index (κ3) is 2.68. The molecule has 0 saturated heterocycles. The fraction of sp³-hybridized carbons (Fsp3) is 0.250. The first-order valence-electron chi connectivity index (χ1n) is 3.77. The lowest BCUT2D eigenvalue weighted by molar-refractivity contribution is 1.29. The molecule has 0 spiro atoms. The molecule has 1 aromatic carbocycles. The zero-order valence-electron chi connectivity index (χ0n) is 7.10. The van der Waals surface area contributed by atoms with Crippen LogP contribution in [0.2, 0.25) is 10.0 Å². The molecule has 1 rings (SSSR count). The van der Waals surface area contributed by atoms with E-state index < -0.39 is 0 Å². The summed E-state index contributed by atoms with van der Waals surface area (Å²) in [6.45, 7) is 2.06. The molecule has 2 nitrogen and oxygen atoms in total. The van der Waals surface area contributed by atoms with Crippen LogP contribution in [0.1, 0.15) is 6.92 Å². The quantitative estimate of drug-likeness (QED) is 0.480. The lowest BCUT2D eigenvalue weighted by atomic mass is 10.3. The van der Waals surface area contributed by atoms with Crippen LogP contribution in [0.4, 0.5) is 5.69 Å². The average Bonchev–Trinajstić information content (AvgIpc) is 2.11. The molecular weight excluding hydrogens is 227 g/mol. The summed E-state index contributed by atoms with van der Waals surface area (Å²) in [6, 6.07) is 3.54. The minimum Gasteiger partial charge on any atom is -0.323 e. The monoisotopic (exact) mass is 236 g/mol. The Morgan fingerprint density at radius 2 is 2.00 bits per heavy atom. The summed E-state index contributed by atoms with van der Waals surface area (Å²) >= 11 is 13.4. The summed E-state index contributed by atoms with van der Waals surface area (Å²) in [7, 11) is 0. The molecule has 0 aliphatic rings. The van der Waals surface area contributed by atoms with Crippen molar-refractivity contribution in [3.8, 4) is 0 Å². The van der Waals surface area contributed by atoms with E-state index in [1.165, 1.54) is 0 Å². The largest absolute Gasteiger partial charge is 0.323 e. The molecule has 0 bridgehead atoms. The number of halogens is 2. The molecule has 0 atom stereocenters. The molecule has 0 amide bonds. The highest BCUT2D eigenvalue weighted by atomic mass is 35.5. The van der Waals surface area contributed by atoms with Crippen LogP contribution in [0.3, 0.4) is 0 Å². The fourth-order valence-corrected chi connectivity index (χ4v) is 2.09. The predicted molar refractivity (Wildman–Crippen MR) is 60.7 cm³/mol. The summed E-state index contributed by atoms with van der Waals surface area (Å²) in [6.07, 6.45) is 0. The van der Waals surface area contributed by atoms with E-state index in [0.29, 0.717) is 10.0 Å². The number of nitrogens with two attached hydrogens (primary N) is 1. The third-order valence-corrected chi connectivity index (χ3v) is 3.14. The lowest BCUT2D eigenvalue weighted by Gasteiger charge is -2.08. The molecular formula is C8H10Cl2N2S. The average molecular weight is 237 g/mol. The van der Waals surface area contributed by atoms with E-state index in [1.54, 1.807) is 17.8 Å². The van der Waals surface area contributed by atoms with E-state index in [9.17, 15) is 0 Å². The van der Waals surface area contributed by atoms with Gasteiger partial charge in [0.25, 0.3) is 0 Å². The third-order valence-electron chi connectivity index (χ3n) is 1.48. The molecule has 0 heterocycles. The van der Waals surface area contributed by atoms with Crippen molar-refractivity contribution in [2.45, 2.75) is 11.8 Å². The van der Waals surface area contributed by atoms with Crippen LogP contribution in [0.5, 0.6) is 0 Å². The second kappa shape index (κ2) is 4.96. The van der Waals surface area contributed by atoms with Crippen LogP contribution in [-0.4, -0.2) is 5.75 Å². The summed E-state index contributed by atoms with van der Waals surface area (Å²) in [5.41, 5.74) is 3.39. The van der Waals surface area contributed by atoms with E-state index in [2.05, 4.69) is 12.3 Å². The van der Waals surface area contributed by atoms with Gasteiger partial charge in [-0.25, -0.2) is 0 Å². The lowest BCUT2D eigenvalue weighted by Crippen LogP contribution is -2.07. The van der Waals surface area contributed by atoms with Gasteiger partial charge in [-0.3, -0.25) is 5.84 Å². The van der Waals surface area contributed by atoms with Crippen molar-refractivity contribution >= 4 is 40.7 Å². The molecule has 13 heavy (non-hydrogen) atoms. The summed E-state index contributed by atoms with van der Waals surface area (Å²) in [4.78, 5) is 1.01. The Bertz CT molecular complexity index is 304. The SMILES string of the molecule is CCSc1cc(Cl)c(Cl)cc1NN. The van der Waals surface area contributed by atoms with Gasteiger partial charge in [0.1, 0.15) is 0 Å². The van der Waals surface area contributed by atoms with E-state index in [1.807, 2.05) is 6.07 Å². The van der Waals surface area contributed by atoms with Gasteiger partial charge >= 0.3 is 0 Å². The van der Waals surface area contributed by atoms with Crippen LogP contribution in [0.25, 0.3) is 0 Å². The zero-order valence-corrected chi connectivity index (χ0v) is 9.43. The number of nitrogens with one attached hydrogen (secondary N) is 1. The molecule has 0 saturated carbocycles. The van der Waals surface area contributed by atoms with Crippen molar-refractivity contribution in [2.24, 2.45) is 5.84 Å². The van der Waals surface area contributed by atoms with Crippen LogP contribution in [0.15, 0.2) is 17.0 Å². The smallest absolute Gasteiger partial charge is 0.0636 e. The molecule has 1 aromatic rings. The Hall–Kier alpha value is -0.0900. The first kappa shape index (κ1) is 11.0. The molecule has 0 aliphatic carbocycles. The van der Waals surface area contributed by atoms with Crippen molar-refractivity contribution in [3.05, 3.63) is 22.2 Å². The van der Waals surface area contributed by atoms with Crippen LogP contribution < -0.4 is 11.3 Å². The summed E-state index contributed by atoms with van der Waals surface area (Å²) in [5, 5.41) is 1.06. The van der Waals surface area contributed by atoms with Crippen molar-refractivity contribution < 1.29 is 0 Å². The number of hydrogen-bond acceptors (Lipinski definition) is 3. The molecule has 0 fully saturated rings. The van der Waals surface area contributed by atoms with Gasteiger partial charge in [-0.15, -0.1) is 11.8 Å². The van der Waals surface area contributed by atoms with Crippen molar-refractivity contribution in [1.82, 2.24) is 0 Å². The summed E-state index contributed by atoms with van der Waals surface area (Å²) < 4.78 is 0. The van der Waals surface area contributed by atoms with Gasteiger partial charge < -0.3 is 5.43 Å². The van der Waals surface area contributed by atoms with Crippen LogP contribution in [-0.2, 0) is 0 Å². The molecule has 0 aromatic heterocycles. The minimum absolute atomic E-state index is 0.509. The highest BCUT2D eigenvalue weighted by Crippen LogP contribution is 2.34. The minimum atomic E-state index is 0.509. The van der Waals surface area contributed by atoms with E-state index >= 15 is 0 Å². The van der Waals surface area contributed by atoms with Crippen LogP contribution in [0, 0.1) is 0 Å². The highest BCUT2D eigenvalue weighted by Gasteiger charge is 2.05. The zero-order chi connectivity index (χ0) is 9.84. The van der Waals surface area contributed by atoms with E-state index in [-0.39, 0.29) is 0 Å². The van der Waals surface area contributed by atoms with E-state index in [0.717, 1.165) is 16.3 Å². The Labute approximate surface area is 91.8 Å². The predicted octanol–water partition coefficient (Wildman–Crippen LogP) is 3.39. The number of hydrazine groups is 1. The molecule has 72 valence electrons. The van der Waals surface area contributed by atoms with Gasteiger partial charge in [0.05, 0.1) is 15.7 Å². The second-order valence-corrected chi connectivity index (χ2v) is 4.46. The topological polar surface area (TPSA) is 38.0 Å². The number of hydrogen-bond donors (Lipinski definition) is 2. The molecule has 0 unspecified atom stereocenters. The Balaban J connectivity index is 3.09. The first-order chi connectivity index (χ1) is 6.19. The molecule has 0 aliphatic heterocycles. The van der Waals surface area contributed by atoms with Gasteiger partial charge in [-0.05, 0) is 17.9 Å². The first-order valence-corrected chi connectivity index (χ1v) is 5.51. The normalized spacial score (nSPS) is 10.2. The Morgan fingerprint density at radius 3 is 2.54 bits per heavy atom. The number of benzene rings is 1. The molecule has 5 heteroatoms. The maximum atomic E-state index is 5.86. The van der Waals surface area contributed by atoms with Crippen LogP contribution >= 0.6 is 35.0 Å². The highest BCUT2D eigenvalue weighted by molar-refractivity contribution is 7.99. The fourth-order valence-electron chi connectivity index (χ4n) is 0.916. The Kier molecular flexibility index (Phi) is 4.19. The van der Waals surface area contributed by atoms with Gasteiger partial charge in [0.2, 0.25) is 0 Å². The number of rotatable bonds is 3. The van der Waals surface area contributed by atoms with Crippen molar-refractivity contribution in [2.75, 3.05) is 11.2 Å². The van der Waals surface area contributed by atoms with Crippen molar-refractivity contribution in [3.63, 3.8) is 0 Å². The number of anilines is 1. The summed E-state index contributed by atoms with van der Waals surface area (Å²) in [5.74, 6) is 6.30. The van der Waals surface area contributed by atoms with Crippen molar-refractivity contribution in [1.29, 1.82) is 0 Å². The van der Waals surface area contributed by atoms with Gasteiger partial charge in [-0.1, -0.05) is 30.1 Å². The van der Waals surface area contributed by atoms with Gasteiger partial charge in [-0.2, -0.15) is 0 Å². The second-order valence-electron chi connectivity index (χ2n) is 2.34. The number of thioether (sulfide) groups is 1. The number of nitrogen functional groups attached to an aromatic ring is 1.